The molecule has 31 heavy (non-hydrogen) atoms. The molecule has 0 spiro atoms. The molecule has 0 radical (unpaired) electrons. The topological polar surface area (TPSA) is 99.9 Å². The van der Waals surface area contributed by atoms with Crippen molar-refractivity contribution in [3.8, 4) is 6.07 Å². The highest BCUT2D eigenvalue weighted by Crippen LogP contribution is 2.27. The van der Waals surface area contributed by atoms with E-state index < -0.39 is 30.1 Å². The third kappa shape index (κ3) is 4.63. The molecule has 1 saturated heterocycles. The normalized spacial score (nSPS) is 16.0. The summed E-state index contributed by atoms with van der Waals surface area (Å²) >= 11 is 0. The van der Waals surface area contributed by atoms with Crippen LogP contribution in [0.25, 0.3) is 0 Å². The van der Waals surface area contributed by atoms with Gasteiger partial charge in [-0.2, -0.15) is 5.26 Å². The first-order valence-electron chi connectivity index (χ1n) is 9.69. The lowest BCUT2D eigenvalue weighted by atomic mass is 10.1. The van der Waals surface area contributed by atoms with Crippen molar-refractivity contribution in [2.45, 2.75) is 25.7 Å². The second-order valence-corrected chi connectivity index (χ2v) is 7.17. The van der Waals surface area contributed by atoms with E-state index in [1.807, 2.05) is 13.0 Å². The van der Waals surface area contributed by atoms with Crippen LogP contribution in [-0.2, 0) is 19.1 Å². The maximum absolute atomic E-state index is 13.3. The molecule has 160 valence electrons. The summed E-state index contributed by atoms with van der Waals surface area (Å²) in [4.78, 5) is 41.6. The summed E-state index contributed by atoms with van der Waals surface area (Å²) in [5.74, 6) is -1.33. The van der Waals surface area contributed by atoms with Crippen LogP contribution < -0.4 is 4.90 Å². The number of methoxy groups -OCH3 is 2. The zero-order chi connectivity index (χ0) is 22.5. The minimum atomic E-state index is -0.996. The number of nitriles is 1. The van der Waals surface area contributed by atoms with Crippen molar-refractivity contribution in [1.29, 1.82) is 5.26 Å². The molecule has 8 nitrogen and oxygen atoms in total. The summed E-state index contributed by atoms with van der Waals surface area (Å²) in [5, 5.41) is 8.96. The van der Waals surface area contributed by atoms with Crippen molar-refractivity contribution in [3.63, 3.8) is 0 Å². The molecule has 1 aliphatic rings. The number of ether oxygens (including phenoxy) is 2. The average molecular weight is 421 g/mol. The first-order chi connectivity index (χ1) is 14.9. The van der Waals surface area contributed by atoms with Crippen molar-refractivity contribution >= 4 is 23.4 Å². The predicted molar refractivity (Wildman–Crippen MR) is 112 cm³/mol. The summed E-state index contributed by atoms with van der Waals surface area (Å²) in [5.41, 5.74) is 2.16. The van der Waals surface area contributed by atoms with Gasteiger partial charge in [-0.3, -0.25) is 14.4 Å². The van der Waals surface area contributed by atoms with Gasteiger partial charge in [-0.25, -0.2) is 4.90 Å². The summed E-state index contributed by atoms with van der Waals surface area (Å²) in [6.45, 7) is 1.89. The molecule has 3 amide bonds. The van der Waals surface area contributed by atoms with Crippen LogP contribution in [-0.4, -0.2) is 55.7 Å². The SMILES string of the molecule is COC(CN(C(=O)c1ccc(C)cc1)C1CC(=O)N(c2ccc(C#N)cc2)C1=O)OC. The number of hydrogen-bond donors (Lipinski definition) is 0. The zero-order valence-corrected chi connectivity index (χ0v) is 17.6. The number of hydrogen-bond acceptors (Lipinski definition) is 6. The van der Waals surface area contributed by atoms with E-state index in [1.165, 1.54) is 43.4 Å². The largest absolute Gasteiger partial charge is 0.354 e. The third-order valence-electron chi connectivity index (χ3n) is 5.18. The first-order valence-corrected chi connectivity index (χ1v) is 9.69. The van der Waals surface area contributed by atoms with E-state index in [4.69, 9.17) is 14.7 Å². The molecule has 0 bridgehead atoms. The second kappa shape index (κ2) is 9.51. The summed E-state index contributed by atoms with van der Waals surface area (Å²) in [6.07, 6.45) is -0.919. The second-order valence-electron chi connectivity index (χ2n) is 7.17. The van der Waals surface area contributed by atoms with Gasteiger partial charge in [0.1, 0.15) is 6.04 Å². The molecule has 2 aromatic carbocycles. The standard InChI is InChI=1S/C23H23N3O5/c1-15-4-8-17(9-5-15)22(28)25(14-21(30-2)31-3)19-12-20(27)26(23(19)29)18-10-6-16(13-24)7-11-18/h4-11,19,21H,12,14H2,1-3H3. The lowest BCUT2D eigenvalue weighted by Crippen LogP contribution is -2.49. The first kappa shape index (κ1) is 22.2. The Bertz CT molecular complexity index is 1010. The Hall–Kier alpha value is -3.54. The van der Waals surface area contributed by atoms with Crippen LogP contribution in [0.15, 0.2) is 48.5 Å². The zero-order valence-electron chi connectivity index (χ0n) is 17.6. The van der Waals surface area contributed by atoms with E-state index in [1.54, 1.807) is 24.3 Å². The van der Waals surface area contributed by atoms with Crippen LogP contribution in [0.2, 0.25) is 0 Å². The molecule has 1 fully saturated rings. The predicted octanol–water partition coefficient (Wildman–Crippen LogP) is 2.26. The number of rotatable bonds is 7. The third-order valence-corrected chi connectivity index (χ3v) is 5.18. The van der Waals surface area contributed by atoms with E-state index in [-0.39, 0.29) is 13.0 Å². The van der Waals surface area contributed by atoms with Crippen LogP contribution in [0.4, 0.5) is 5.69 Å². The maximum atomic E-state index is 13.3. The molecular formula is C23H23N3O5. The van der Waals surface area contributed by atoms with Crippen molar-refractivity contribution in [2.24, 2.45) is 0 Å². The Kier molecular flexibility index (Phi) is 6.80. The fourth-order valence-corrected chi connectivity index (χ4v) is 3.44. The quantitative estimate of drug-likeness (QED) is 0.502. The van der Waals surface area contributed by atoms with Gasteiger partial charge in [-0.05, 0) is 43.3 Å². The van der Waals surface area contributed by atoms with Crippen LogP contribution in [0, 0.1) is 18.3 Å². The monoisotopic (exact) mass is 421 g/mol. The van der Waals surface area contributed by atoms with Crippen LogP contribution >= 0.6 is 0 Å². The van der Waals surface area contributed by atoms with E-state index in [9.17, 15) is 14.4 Å². The smallest absolute Gasteiger partial charge is 0.257 e. The van der Waals surface area contributed by atoms with Gasteiger partial charge in [0.2, 0.25) is 5.91 Å². The Labute approximate surface area is 180 Å². The minimum absolute atomic E-state index is 0.0232. The van der Waals surface area contributed by atoms with Crippen LogP contribution in [0.3, 0.4) is 0 Å². The van der Waals surface area contributed by atoms with Gasteiger partial charge >= 0.3 is 0 Å². The number of imide groups is 1. The fourth-order valence-electron chi connectivity index (χ4n) is 3.44. The van der Waals surface area contributed by atoms with Crippen molar-refractivity contribution in [3.05, 3.63) is 65.2 Å². The van der Waals surface area contributed by atoms with Gasteiger partial charge in [0.25, 0.3) is 11.8 Å². The van der Waals surface area contributed by atoms with Crippen molar-refractivity contribution < 1.29 is 23.9 Å². The molecule has 3 rings (SSSR count). The molecule has 2 aromatic rings. The highest BCUT2D eigenvalue weighted by atomic mass is 16.7. The number of anilines is 1. The number of carbonyl (C=O) groups is 3. The van der Waals surface area contributed by atoms with Crippen LogP contribution in [0.1, 0.15) is 27.9 Å². The van der Waals surface area contributed by atoms with Crippen LogP contribution in [0.5, 0.6) is 0 Å². The fraction of sp³-hybridized carbons (Fsp3) is 0.304. The van der Waals surface area contributed by atoms with Gasteiger partial charge in [0, 0.05) is 19.8 Å². The summed E-state index contributed by atoms with van der Waals surface area (Å²) in [6, 6.07) is 14.1. The highest BCUT2D eigenvalue weighted by molar-refractivity contribution is 6.23. The Balaban J connectivity index is 1.93. The molecule has 1 atom stereocenters. The molecule has 0 aromatic heterocycles. The van der Waals surface area contributed by atoms with Gasteiger partial charge in [0.15, 0.2) is 6.29 Å². The molecule has 0 aliphatic carbocycles. The summed E-state index contributed by atoms with van der Waals surface area (Å²) < 4.78 is 10.5. The Morgan fingerprint density at radius 3 is 2.29 bits per heavy atom. The number of benzene rings is 2. The average Bonchev–Trinajstić information content (AvgIpc) is 3.08. The van der Waals surface area contributed by atoms with Gasteiger partial charge in [0.05, 0.1) is 30.3 Å². The van der Waals surface area contributed by atoms with Crippen molar-refractivity contribution in [2.75, 3.05) is 25.7 Å². The Morgan fingerprint density at radius 2 is 1.74 bits per heavy atom. The summed E-state index contributed by atoms with van der Waals surface area (Å²) in [7, 11) is 2.88. The molecule has 1 heterocycles. The number of nitrogens with zero attached hydrogens (tertiary/aromatic N) is 3. The maximum Gasteiger partial charge on any atom is 0.257 e. The van der Waals surface area contributed by atoms with Gasteiger partial charge in [-0.15, -0.1) is 0 Å². The molecule has 0 saturated carbocycles. The minimum Gasteiger partial charge on any atom is -0.354 e. The Morgan fingerprint density at radius 1 is 1.13 bits per heavy atom. The number of carbonyl (C=O) groups excluding carboxylic acids is 3. The molecule has 1 unspecified atom stereocenters. The van der Waals surface area contributed by atoms with Gasteiger partial charge in [-0.1, -0.05) is 17.7 Å². The number of amides is 3. The van der Waals surface area contributed by atoms with E-state index in [2.05, 4.69) is 0 Å². The van der Waals surface area contributed by atoms with E-state index >= 15 is 0 Å². The number of aryl methyl sites for hydroxylation is 1. The van der Waals surface area contributed by atoms with E-state index in [0.29, 0.717) is 16.8 Å². The van der Waals surface area contributed by atoms with Crippen molar-refractivity contribution in [1.82, 2.24) is 4.90 Å². The highest BCUT2D eigenvalue weighted by Gasteiger charge is 2.45. The van der Waals surface area contributed by atoms with E-state index in [0.717, 1.165) is 10.5 Å². The lowest BCUT2D eigenvalue weighted by molar-refractivity contribution is -0.128. The molecule has 8 heteroatoms. The lowest BCUT2D eigenvalue weighted by Gasteiger charge is -2.30. The van der Waals surface area contributed by atoms with Gasteiger partial charge < -0.3 is 14.4 Å². The molecule has 1 aliphatic heterocycles. The molecular weight excluding hydrogens is 398 g/mol. The molecule has 0 N–H and O–H groups in total.